The van der Waals surface area contributed by atoms with Crippen molar-refractivity contribution in [2.45, 2.75) is 64.5 Å². The van der Waals surface area contributed by atoms with Crippen LogP contribution in [0.5, 0.6) is 11.5 Å². The lowest BCUT2D eigenvalue weighted by Gasteiger charge is -2.26. The summed E-state index contributed by atoms with van der Waals surface area (Å²) < 4.78 is 11.4. The van der Waals surface area contributed by atoms with Gasteiger partial charge in [0.1, 0.15) is 0 Å². The summed E-state index contributed by atoms with van der Waals surface area (Å²) in [6, 6.07) is 5.89. The highest BCUT2D eigenvalue weighted by atomic mass is 35.5. The van der Waals surface area contributed by atoms with Crippen molar-refractivity contribution < 1.29 is 14.3 Å². The Morgan fingerprint density at radius 1 is 1.16 bits per heavy atom. The molecule has 1 aliphatic carbocycles. The number of carbonyl (C=O) groups is 1. The normalized spacial score (nSPS) is 19.6. The minimum Gasteiger partial charge on any atom is -0.490 e. The molecule has 3 N–H and O–H groups in total. The van der Waals surface area contributed by atoms with Crippen LogP contribution in [0, 0.1) is 0 Å². The van der Waals surface area contributed by atoms with Crippen LogP contribution in [-0.2, 0) is 0 Å². The number of halogens is 1. The molecule has 2 rings (SSSR count). The van der Waals surface area contributed by atoms with E-state index < -0.39 is 0 Å². The van der Waals surface area contributed by atoms with Gasteiger partial charge in [-0.1, -0.05) is 13.3 Å². The second-order valence-electron chi connectivity index (χ2n) is 6.38. The van der Waals surface area contributed by atoms with Gasteiger partial charge in [0.25, 0.3) is 5.91 Å². The molecule has 142 valence electrons. The van der Waals surface area contributed by atoms with Gasteiger partial charge in [-0.2, -0.15) is 0 Å². The second-order valence-corrected chi connectivity index (χ2v) is 6.38. The molecule has 0 radical (unpaired) electrons. The van der Waals surface area contributed by atoms with Gasteiger partial charge in [0.15, 0.2) is 11.5 Å². The van der Waals surface area contributed by atoms with Crippen molar-refractivity contribution in [3.05, 3.63) is 23.8 Å². The minimum absolute atomic E-state index is 0. The zero-order valence-electron chi connectivity index (χ0n) is 15.3. The van der Waals surface area contributed by atoms with Gasteiger partial charge in [-0.3, -0.25) is 4.79 Å². The van der Waals surface area contributed by atoms with Crippen LogP contribution < -0.4 is 20.5 Å². The summed E-state index contributed by atoms with van der Waals surface area (Å²) in [6.07, 6.45) is 5.92. The van der Waals surface area contributed by atoms with Gasteiger partial charge in [-0.15, -0.1) is 12.4 Å². The van der Waals surface area contributed by atoms with Gasteiger partial charge in [0.05, 0.1) is 13.2 Å². The Labute approximate surface area is 157 Å². The van der Waals surface area contributed by atoms with Crippen molar-refractivity contribution in [2.75, 3.05) is 13.2 Å². The monoisotopic (exact) mass is 370 g/mol. The highest BCUT2D eigenvalue weighted by molar-refractivity contribution is 5.95. The Kier molecular flexibility index (Phi) is 9.68. The third kappa shape index (κ3) is 6.75. The number of hydrogen-bond donors (Lipinski definition) is 2. The molecule has 1 aromatic carbocycles. The van der Waals surface area contributed by atoms with Gasteiger partial charge < -0.3 is 20.5 Å². The molecular weight excluding hydrogens is 340 g/mol. The Hall–Kier alpha value is -1.46. The number of benzene rings is 1. The summed E-state index contributed by atoms with van der Waals surface area (Å²) in [5, 5.41) is 3.11. The van der Waals surface area contributed by atoms with Crippen molar-refractivity contribution in [1.82, 2.24) is 5.32 Å². The molecule has 0 bridgehead atoms. The van der Waals surface area contributed by atoms with Gasteiger partial charge in [-0.05, 0) is 57.2 Å². The van der Waals surface area contributed by atoms with Crippen LogP contribution in [0.4, 0.5) is 0 Å². The van der Waals surface area contributed by atoms with Crippen molar-refractivity contribution in [2.24, 2.45) is 5.73 Å². The third-order valence-corrected chi connectivity index (χ3v) is 4.37. The van der Waals surface area contributed by atoms with E-state index in [1.807, 2.05) is 13.0 Å². The SMILES string of the molecule is CCCCOc1ccc(C(=O)NC2CCC(N)CC2)cc1OCC.Cl. The molecule has 1 fully saturated rings. The summed E-state index contributed by atoms with van der Waals surface area (Å²) in [7, 11) is 0. The number of amides is 1. The average Bonchev–Trinajstić information content (AvgIpc) is 2.58. The van der Waals surface area contributed by atoms with Crippen LogP contribution >= 0.6 is 12.4 Å². The van der Waals surface area contributed by atoms with Crippen LogP contribution in [0.25, 0.3) is 0 Å². The van der Waals surface area contributed by atoms with E-state index in [2.05, 4.69) is 12.2 Å². The Morgan fingerprint density at radius 2 is 1.88 bits per heavy atom. The predicted molar refractivity (Wildman–Crippen MR) is 103 cm³/mol. The Balaban J connectivity index is 0.00000312. The minimum atomic E-state index is -0.0588. The fourth-order valence-electron chi connectivity index (χ4n) is 2.90. The summed E-state index contributed by atoms with van der Waals surface area (Å²) in [6.45, 7) is 5.24. The lowest BCUT2D eigenvalue weighted by Crippen LogP contribution is -2.40. The summed E-state index contributed by atoms with van der Waals surface area (Å²) in [5.74, 6) is 1.27. The van der Waals surface area contributed by atoms with E-state index in [9.17, 15) is 4.79 Å². The van der Waals surface area contributed by atoms with Crippen molar-refractivity contribution in [3.8, 4) is 11.5 Å². The number of ether oxygens (including phenoxy) is 2. The van der Waals surface area contributed by atoms with Crippen LogP contribution in [0.1, 0.15) is 62.7 Å². The molecule has 25 heavy (non-hydrogen) atoms. The van der Waals surface area contributed by atoms with Crippen LogP contribution in [-0.4, -0.2) is 31.2 Å². The highest BCUT2D eigenvalue weighted by Gasteiger charge is 2.21. The van der Waals surface area contributed by atoms with Crippen molar-refractivity contribution in [3.63, 3.8) is 0 Å². The van der Waals surface area contributed by atoms with E-state index in [1.54, 1.807) is 12.1 Å². The molecule has 0 atom stereocenters. The molecule has 1 aliphatic rings. The van der Waals surface area contributed by atoms with E-state index in [1.165, 1.54) is 0 Å². The maximum atomic E-state index is 12.5. The summed E-state index contributed by atoms with van der Waals surface area (Å²) in [5.41, 5.74) is 6.52. The molecule has 1 amide bonds. The average molecular weight is 371 g/mol. The molecule has 1 saturated carbocycles. The maximum absolute atomic E-state index is 12.5. The molecule has 0 spiro atoms. The first-order valence-corrected chi connectivity index (χ1v) is 9.10. The highest BCUT2D eigenvalue weighted by Crippen LogP contribution is 2.29. The number of unbranched alkanes of at least 4 members (excludes halogenated alkanes) is 1. The first-order chi connectivity index (χ1) is 11.6. The lowest BCUT2D eigenvalue weighted by molar-refractivity contribution is 0.0925. The molecule has 5 nitrogen and oxygen atoms in total. The van der Waals surface area contributed by atoms with Gasteiger partial charge in [0.2, 0.25) is 0 Å². The van der Waals surface area contributed by atoms with Gasteiger partial charge in [0, 0.05) is 17.6 Å². The fraction of sp³-hybridized carbons (Fsp3) is 0.632. The maximum Gasteiger partial charge on any atom is 0.251 e. The zero-order chi connectivity index (χ0) is 17.4. The van der Waals surface area contributed by atoms with E-state index in [-0.39, 0.29) is 30.4 Å². The molecule has 0 heterocycles. The van der Waals surface area contributed by atoms with Gasteiger partial charge in [-0.25, -0.2) is 0 Å². The Morgan fingerprint density at radius 3 is 2.52 bits per heavy atom. The van der Waals surface area contributed by atoms with E-state index in [0.717, 1.165) is 38.5 Å². The second kappa shape index (κ2) is 11.2. The molecular formula is C19H31ClN2O3. The van der Waals surface area contributed by atoms with E-state index in [0.29, 0.717) is 30.3 Å². The molecule has 0 aliphatic heterocycles. The Bertz CT molecular complexity index is 531. The van der Waals surface area contributed by atoms with Crippen molar-refractivity contribution >= 4 is 18.3 Å². The largest absolute Gasteiger partial charge is 0.490 e. The predicted octanol–water partition coefficient (Wildman–Crippen LogP) is 3.69. The number of hydrogen-bond acceptors (Lipinski definition) is 4. The lowest BCUT2D eigenvalue weighted by atomic mass is 9.91. The molecule has 1 aromatic rings. The summed E-state index contributed by atoms with van der Waals surface area (Å²) >= 11 is 0. The molecule has 0 saturated heterocycles. The molecule has 6 heteroatoms. The topological polar surface area (TPSA) is 73.6 Å². The number of rotatable bonds is 8. The van der Waals surface area contributed by atoms with E-state index >= 15 is 0 Å². The number of nitrogens with one attached hydrogen (secondary N) is 1. The third-order valence-electron chi connectivity index (χ3n) is 4.37. The quantitative estimate of drug-likeness (QED) is 0.684. The number of nitrogens with two attached hydrogens (primary N) is 1. The van der Waals surface area contributed by atoms with Crippen LogP contribution in [0.15, 0.2) is 18.2 Å². The standard InChI is InChI=1S/C19H30N2O3.ClH/c1-3-5-12-24-17-11-6-14(13-18(17)23-4-2)19(22)21-16-9-7-15(20)8-10-16;/h6,11,13,15-16H,3-5,7-10,12,20H2,1-2H3,(H,21,22);1H. The molecule has 0 unspecified atom stereocenters. The van der Waals surface area contributed by atoms with Crippen LogP contribution in [0.3, 0.4) is 0 Å². The fourth-order valence-corrected chi connectivity index (χ4v) is 2.90. The number of carbonyl (C=O) groups excluding carboxylic acids is 1. The first-order valence-electron chi connectivity index (χ1n) is 9.10. The molecule has 0 aromatic heterocycles. The van der Waals surface area contributed by atoms with E-state index in [4.69, 9.17) is 15.2 Å². The zero-order valence-corrected chi connectivity index (χ0v) is 16.1. The smallest absolute Gasteiger partial charge is 0.251 e. The van der Waals surface area contributed by atoms with Crippen LogP contribution in [0.2, 0.25) is 0 Å². The first kappa shape index (κ1) is 21.6. The summed E-state index contributed by atoms with van der Waals surface area (Å²) in [4.78, 5) is 12.5. The van der Waals surface area contributed by atoms with Gasteiger partial charge >= 0.3 is 0 Å². The van der Waals surface area contributed by atoms with Crippen molar-refractivity contribution in [1.29, 1.82) is 0 Å².